The van der Waals surface area contributed by atoms with E-state index in [1.165, 1.54) is 24.6 Å². The molecule has 0 radical (unpaired) electrons. The van der Waals surface area contributed by atoms with Gasteiger partial charge in [-0.3, -0.25) is 4.79 Å². The first kappa shape index (κ1) is 17.7. The third kappa shape index (κ3) is 4.02. The van der Waals surface area contributed by atoms with Gasteiger partial charge in [0.05, 0.1) is 23.2 Å². The molecule has 0 bridgehead atoms. The summed E-state index contributed by atoms with van der Waals surface area (Å²) in [7, 11) is 0. The van der Waals surface area contributed by atoms with E-state index < -0.39 is 0 Å². The molecule has 140 valence electrons. The summed E-state index contributed by atoms with van der Waals surface area (Å²) in [5.74, 6) is 0.782. The topological polar surface area (TPSA) is 90.5 Å². The monoisotopic (exact) mass is 383 g/mol. The largest absolute Gasteiger partial charge is 0.310 e. The second-order valence-corrected chi connectivity index (χ2v) is 7.54. The van der Waals surface area contributed by atoms with E-state index >= 15 is 0 Å². The van der Waals surface area contributed by atoms with Gasteiger partial charge in [0.2, 0.25) is 11.1 Å². The first-order valence-corrected chi connectivity index (χ1v) is 10.0. The van der Waals surface area contributed by atoms with Crippen LogP contribution < -0.4 is 5.32 Å². The van der Waals surface area contributed by atoms with E-state index in [0.29, 0.717) is 17.0 Å². The molecule has 0 unspecified atom stereocenters. The Kier molecular flexibility index (Phi) is 5.19. The van der Waals surface area contributed by atoms with Gasteiger partial charge in [0.25, 0.3) is 0 Å². The average molecular weight is 383 g/mol. The summed E-state index contributed by atoms with van der Waals surface area (Å²) in [6, 6.07) is 11.9. The Morgan fingerprint density at radius 1 is 1.26 bits per heavy atom. The lowest BCUT2D eigenvalue weighted by atomic mass is 10.3. The zero-order chi connectivity index (χ0) is 18.6. The molecule has 9 heteroatoms. The van der Waals surface area contributed by atoms with Crippen LogP contribution in [-0.2, 0) is 4.79 Å². The van der Waals surface area contributed by atoms with E-state index in [-0.39, 0.29) is 11.7 Å². The Morgan fingerprint density at radius 2 is 2.04 bits per heavy atom. The van der Waals surface area contributed by atoms with Gasteiger partial charge in [0, 0.05) is 6.07 Å². The van der Waals surface area contributed by atoms with Crippen LogP contribution in [0.25, 0.3) is 5.69 Å². The third-order valence-electron chi connectivity index (χ3n) is 4.57. The SMILES string of the molecule is Cc1cc(NC(=O)CSc2nnnn2C2CCCC2)n(-c2ccccc2)n1. The summed E-state index contributed by atoms with van der Waals surface area (Å²) in [6.45, 7) is 1.90. The summed E-state index contributed by atoms with van der Waals surface area (Å²) in [5.41, 5.74) is 1.74. The van der Waals surface area contributed by atoms with E-state index in [0.717, 1.165) is 24.2 Å². The van der Waals surface area contributed by atoms with Crippen molar-refractivity contribution in [2.24, 2.45) is 0 Å². The van der Waals surface area contributed by atoms with Crippen LogP contribution in [0.3, 0.4) is 0 Å². The zero-order valence-corrected chi connectivity index (χ0v) is 15.9. The van der Waals surface area contributed by atoms with Gasteiger partial charge in [-0.15, -0.1) is 5.10 Å². The number of benzene rings is 1. The maximum absolute atomic E-state index is 12.5. The molecule has 2 aromatic heterocycles. The number of aryl methyl sites for hydroxylation is 1. The maximum Gasteiger partial charge on any atom is 0.236 e. The molecule has 1 aliphatic rings. The maximum atomic E-state index is 12.5. The molecule has 27 heavy (non-hydrogen) atoms. The Balaban J connectivity index is 1.42. The van der Waals surface area contributed by atoms with Gasteiger partial charge in [-0.1, -0.05) is 42.8 Å². The van der Waals surface area contributed by atoms with Crippen molar-refractivity contribution in [1.29, 1.82) is 0 Å². The molecule has 0 aliphatic heterocycles. The van der Waals surface area contributed by atoms with Gasteiger partial charge < -0.3 is 5.32 Å². The Hall–Kier alpha value is -2.68. The van der Waals surface area contributed by atoms with Crippen molar-refractivity contribution in [1.82, 2.24) is 30.0 Å². The van der Waals surface area contributed by atoms with Crippen molar-refractivity contribution in [2.45, 2.75) is 43.8 Å². The number of carbonyl (C=O) groups excluding carboxylic acids is 1. The molecule has 1 N–H and O–H groups in total. The second kappa shape index (κ2) is 7.91. The summed E-state index contributed by atoms with van der Waals surface area (Å²) < 4.78 is 3.60. The standard InChI is InChI=1S/C18H21N7OS/c1-13-11-16(24(21-13)14-7-3-2-4-8-14)19-17(26)12-27-18-20-22-23-25(18)15-9-5-6-10-15/h2-4,7-8,11,15H,5-6,9-10,12H2,1H3,(H,19,26). The van der Waals surface area contributed by atoms with Gasteiger partial charge in [0.1, 0.15) is 5.82 Å². The van der Waals surface area contributed by atoms with Crippen LogP contribution in [-0.4, -0.2) is 41.6 Å². The number of nitrogens with one attached hydrogen (secondary N) is 1. The summed E-state index contributed by atoms with van der Waals surface area (Å²) in [4.78, 5) is 12.5. The molecule has 0 saturated heterocycles. The first-order valence-electron chi connectivity index (χ1n) is 9.03. The number of anilines is 1. The van der Waals surface area contributed by atoms with Crippen molar-refractivity contribution in [3.63, 3.8) is 0 Å². The van der Waals surface area contributed by atoms with E-state index in [2.05, 4.69) is 25.9 Å². The highest BCUT2D eigenvalue weighted by molar-refractivity contribution is 7.99. The highest BCUT2D eigenvalue weighted by Crippen LogP contribution is 2.31. The fourth-order valence-corrected chi connectivity index (χ4v) is 4.07. The molecule has 8 nitrogen and oxygen atoms in total. The highest BCUT2D eigenvalue weighted by Gasteiger charge is 2.22. The molecule has 1 saturated carbocycles. The zero-order valence-electron chi connectivity index (χ0n) is 15.1. The molecule has 0 atom stereocenters. The number of hydrogen-bond donors (Lipinski definition) is 1. The van der Waals surface area contributed by atoms with Crippen LogP contribution in [0.15, 0.2) is 41.6 Å². The normalized spacial score (nSPS) is 14.6. The van der Waals surface area contributed by atoms with Gasteiger partial charge >= 0.3 is 0 Å². The Labute approximate surface area is 161 Å². The van der Waals surface area contributed by atoms with Crippen LogP contribution in [0.2, 0.25) is 0 Å². The van der Waals surface area contributed by atoms with Crippen molar-refractivity contribution >= 4 is 23.5 Å². The smallest absolute Gasteiger partial charge is 0.236 e. The summed E-state index contributed by atoms with van der Waals surface area (Å²) in [5, 5.41) is 20.1. The lowest BCUT2D eigenvalue weighted by Gasteiger charge is -2.11. The second-order valence-electron chi connectivity index (χ2n) is 6.60. The number of aromatic nitrogens is 6. The molecular formula is C18H21N7OS. The highest BCUT2D eigenvalue weighted by atomic mass is 32.2. The molecule has 3 aromatic rings. The number of carbonyl (C=O) groups is 1. The minimum atomic E-state index is -0.113. The van der Waals surface area contributed by atoms with Crippen molar-refractivity contribution in [3.8, 4) is 5.69 Å². The number of thioether (sulfide) groups is 1. The number of hydrogen-bond acceptors (Lipinski definition) is 6. The predicted molar refractivity (Wildman–Crippen MR) is 103 cm³/mol. The fourth-order valence-electron chi connectivity index (χ4n) is 3.32. The van der Waals surface area contributed by atoms with Crippen LogP contribution in [0.5, 0.6) is 0 Å². The summed E-state index contributed by atoms with van der Waals surface area (Å²) >= 11 is 1.36. The minimum Gasteiger partial charge on any atom is -0.310 e. The van der Waals surface area contributed by atoms with Crippen LogP contribution in [0.1, 0.15) is 37.4 Å². The number of nitrogens with zero attached hydrogens (tertiary/aromatic N) is 6. The number of tetrazole rings is 1. The van der Waals surface area contributed by atoms with Gasteiger partial charge in [0.15, 0.2) is 0 Å². The third-order valence-corrected chi connectivity index (χ3v) is 5.50. The van der Waals surface area contributed by atoms with Crippen molar-refractivity contribution in [3.05, 3.63) is 42.1 Å². The fraction of sp³-hybridized carbons (Fsp3) is 0.389. The molecule has 4 rings (SSSR count). The average Bonchev–Trinajstić information content (AvgIpc) is 3.41. The van der Waals surface area contributed by atoms with Crippen molar-refractivity contribution in [2.75, 3.05) is 11.1 Å². The quantitative estimate of drug-likeness (QED) is 0.658. The predicted octanol–water partition coefficient (Wildman–Crippen LogP) is 3.01. The van der Waals surface area contributed by atoms with E-state index in [1.54, 1.807) is 4.68 Å². The van der Waals surface area contributed by atoms with Crippen LogP contribution >= 0.6 is 11.8 Å². The molecule has 0 spiro atoms. The first-order chi connectivity index (χ1) is 13.2. The molecule has 1 amide bonds. The van der Waals surface area contributed by atoms with Crippen molar-refractivity contribution < 1.29 is 4.79 Å². The van der Waals surface area contributed by atoms with Crippen LogP contribution in [0, 0.1) is 6.92 Å². The Bertz CT molecular complexity index is 915. The van der Waals surface area contributed by atoms with E-state index in [1.807, 2.05) is 48.0 Å². The minimum absolute atomic E-state index is 0.113. The van der Waals surface area contributed by atoms with Gasteiger partial charge in [-0.25, -0.2) is 9.36 Å². The molecule has 1 fully saturated rings. The molecule has 1 aromatic carbocycles. The molecule has 1 aliphatic carbocycles. The number of para-hydroxylation sites is 1. The van der Waals surface area contributed by atoms with Gasteiger partial charge in [-0.2, -0.15) is 5.10 Å². The number of rotatable bonds is 6. The van der Waals surface area contributed by atoms with Gasteiger partial charge in [-0.05, 0) is 42.3 Å². The lowest BCUT2D eigenvalue weighted by Crippen LogP contribution is -2.17. The van der Waals surface area contributed by atoms with Crippen LogP contribution in [0.4, 0.5) is 5.82 Å². The number of amides is 1. The molecular weight excluding hydrogens is 362 g/mol. The summed E-state index contributed by atoms with van der Waals surface area (Å²) in [6.07, 6.45) is 4.61. The lowest BCUT2D eigenvalue weighted by molar-refractivity contribution is -0.113. The Morgan fingerprint density at radius 3 is 2.81 bits per heavy atom. The van der Waals surface area contributed by atoms with E-state index in [4.69, 9.17) is 0 Å². The van der Waals surface area contributed by atoms with E-state index in [9.17, 15) is 4.79 Å². The molecule has 2 heterocycles.